The van der Waals surface area contributed by atoms with Crippen LogP contribution in [0, 0.1) is 0 Å². The van der Waals surface area contributed by atoms with E-state index < -0.39 is 9.84 Å². The second-order valence-electron chi connectivity index (χ2n) is 3.50. The van der Waals surface area contributed by atoms with Gasteiger partial charge < -0.3 is 4.84 Å². The third-order valence-corrected chi connectivity index (χ3v) is 5.17. The van der Waals surface area contributed by atoms with Gasteiger partial charge in [0.2, 0.25) is 0 Å². The van der Waals surface area contributed by atoms with Crippen LogP contribution in [-0.4, -0.2) is 27.5 Å². The molecule has 7 heteroatoms. The average Bonchev–Trinajstić information content (AvgIpc) is 2.24. The summed E-state index contributed by atoms with van der Waals surface area (Å²) in [5.74, 6) is 4.96. The topological polar surface area (TPSA) is 69.4 Å². The third-order valence-electron chi connectivity index (χ3n) is 2.18. The van der Waals surface area contributed by atoms with Crippen LogP contribution in [-0.2, 0) is 21.1 Å². The van der Waals surface area contributed by atoms with Crippen molar-refractivity contribution in [2.45, 2.75) is 16.2 Å². The van der Waals surface area contributed by atoms with Gasteiger partial charge in [0.25, 0.3) is 0 Å². The fourth-order valence-electron chi connectivity index (χ4n) is 1.42. The molecule has 2 N–H and O–H groups in total. The predicted octanol–water partition coefficient (Wildman–Crippen LogP) is 2.01. The molecular formula is C10H14BrNO3S2. The summed E-state index contributed by atoms with van der Waals surface area (Å²) in [6.07, 6.45) is 3.63. The number of nitrogens with two attached hydrogens (primary N) is 1. The summed E-state index contributed by atoms with van der Waals surface area (Å²) in [4.78, 5) is 5.56. The predicted molar refractivity (Wildman–Crippen MR) is 72.9 cm³/mol. The summed E-state index contributed by atoms with van der Waals surface area (Å²) in [6.45, 7) is 0.355. The first kappa shape index (κ1) is 15.0. The van der Waals surface area contributed by atoms with Crippen LogP contribution in [0.15, 0.2) is 26.4 Å². The molecule has 0 aliphatic heterocycles. The van der Waals surface area contributed by atoms with E-state index in [1.54, 1.807) is 6.07 Å². The van der Waals surface area contributed by atoms with Crippen molar-refractivity contribution in [2.75, 3.05) is 19.1 Å². The van der Waals surface area contributed by atoms with E-state index in [1.165, 1.54) is 18.0 Å². The van der Waals surface area contributed by atoms with E-state index in [0.29, 0.717) is 17.9 Å². The van der Waals surface area contributed by atoms with E-state index in [9.17, 15) is 8.42 Å². The molecule has 17 heavy (non-hydrogen) atoms. The number of sulfone groups is 1. The lowest BCUT2D eigenvalue weighted by Crippen LogP contribution is -2.06. The molecule has 0 unspecified atom stereocenters. The molecular weight excluding hydrogens is 326 g/mol. The second kappa shape index (κ2) is 6.19. The summed E-state index contributed by atoms with van der Waals surface area (Å²) in [6, 6.07) is 3.56. The molecule has 0 aromatic heterocycles. The van der Waals surface area contributed by atoms with Crippen LogP contribution < -0.4 is 5.90 Å². The van der Waals surface area contributed by atoms with Crippen LogP contribution in [0.2, 0.25) is 0 Å². The second-order valence-corrected chi connectivity index (χ2v) is 7.16. The largest absolute Gasteiger partial charge is 0.304 e. The molecule has 4 nitrogen and oxygen atoms in total. The van der Waals surface area contributed by atoms with Crippen molar-refractivity contribution in [1.29, 1.82) is 0 Å². The zero-order valence-corrected chi connectivity index (χ0v) is 12.8. The summed E-state index contributed by atoms with van der Waals surface area (Å²) >= 11 is 4.78. The highest BCUT2D eigenvalue weighted by Gasteiger charge is 2.16. The highest BCUT2D eigenvalue weighted by Crippen LogP contribution is 2.33. The van der Waals surface area contributed by atoms with Crippen LogP contribution in [0.4, 0.5) is 0 Å². The SMILES string of the molecule is CSc1c(Br)cc(CCON)cc1S(C)(=O)=O. The molecule has 0 saturated carbocycles. The maximum absolute atomic E-state index is 11.7. The van der Waals surface area contributed by atoms with Crippen LogP contribution in [0.5, 0.6) is 0 Å². The Bertz CT molecular complexity index is 503. The Balaban J connectivity index is 3.29. The highest BCUT2D eigenvalue weighted by molar-refractivity contribution is 9.10. The van der Waals surface area contributed by atoms with Crippen LogP contribution >= 0.6 is 27.7 Å². The van der Waals surface area contributed by atoms with Crippen molar-refractivity contribution in [2.24, 2.45) is 5.90 Å². The average molecular weight is 340 g/mol. The monoisotopic (exact) mass is 339 g/mol. The summed E-state index contributed by atoms with van der Waals surface area (Å²) in [7, 11) is -3.24. The van der Waals surface area contributed by atoms with Gasteiger partial charge in [0.1, 0.15) is 0 Å². The maximum atomic E-state index is 11.7. The molecule has 0 aliphatic carbocycles. The van der Waals surface area contributed by atoms with E-state index in [1.807, 2.05) is 12.3 Å². The van der Waals surface area contributed by atoms with Crippen molar-refractivity contribution in [3.63, 3.8) is 0 Å². The fraction of sp³-hybridized carbons (Fsp3) is 0.400. The van der Waals surface area contributed by atoms with E-state index in [4.69, 9.17) is 5.90 Å². The molecule has 1 rings (SSSR count). The lowest BCUT2D eigenvalue weighted by atomic mass is 10.2. The third kappa shape index (κ3) is 3.96. The first-order chi connectivity index (χ1) is 7.90. The smallest absolute Gasteiger partial charge is 0.176 e. The summed E-state index contributed by atoms with van der Waals surface area (Å²) in [5.41, 5.74) is 0.876. The molecule has 0 fully saturated rings. The van der Waals surface area contributed by atoms with Gasteiger partial charge in [-0.05, 0) is 46.3 Å². The number of rotatable bonds is 5. The van der Waals surface area contributed by atoms with Gasteiger partial charge in [-0.25, -0.2) is 14.3 Å². The zero-order valence-electron chi connectivity index (χ0n) is 9.57. The minimum atomic E-state index is -3.24. The Labute approximate surface area is 114 Å². The quantitative estimate of drug-likeness (QED) is 0.656. The van der Waals surface area contributed by atoms with E-state index in [2.05, 4.69) is 20.8 Å². The summed E-state index contributed by atoms with van der Waals surface area (Å²) in [5, 5.41) is 0. The van der Waals surface area contributed by atoms with E-state index in [0.717, 1.165) is 14.9 Å². The molecule has 0 aliphatic rings. The van der Waals surface area contributed by atoms with Crippen LogP contribution in [0.1, 0.15) is 5.56 Å². The van der Waals surface area contributed by atoms with E-state index >= 15 is 0 Å². The van der Waals surface area contributed by atoms with Crippen molar-refractivity contribution in [1.82, 2.24) is 0 Å². The zero-order chi connectivity index (χ0) is 13.1. The molecule has 0 bridgehead atoms. The fourth-order valence-corrected chi connectivity index (χ4v) is 4.57. The van der Waals surface area contributed by atoms with Gasteiger partial charge in [-0.3, -0.25) is 0 Å². The standard InChI is InChI=1S/C10H14BrNO3S2/c1-16-10-8(11)5-7(3-4-15-12)6-9(10)17(2,13)14/h5-6H,3-4,12H2,1-2H3. The molecule has 1 aromatic rings. The Morgan fingerprint density at radius 3 is 2.59 bits per heavy atom. The molecule has 0 heterocycles. The number of hydrogen-bond donors (Lipinski definition) is 1. The van der Waals surface area contributed by atoms with Crippen molar-refractivity contribution in [3.05, 3.63) is 22.2 Å². The normalized spacial score (nSPS) is 11.8. The van der Waals surface area contributed by atoms with Crippen LogP contribution in [0.3, 0.4) is 0 Å². The Morgan fingerprint density at radius 1 is 1.47 bits per heavy atom. The van der Waals surface area contributed by atoms with E-state index in [-0.39, 0.29) is 0 Å². The van der Waals surface area contributed by atoms with Gasteiger partial charge in [-0.2, -0.15) is 0 Å². The first-order valence-corrected chi connectivity index (χ1v) is 8.69. The Hall–Kier alpha value is -0.0800. The minimum absolute atomic E-state index is 0.339. The first-order valence-electron chi connectivity index (χ1n) is 4.78. The molecule has 0 atom stereocenters. The van der Waals surface area contributed by atoms with Crippen molar-refractivity contribution >= 4 is 37.5 Å². The number of halogens is 1. The molecule has 1 aromatic carbocycles. The van der Waals surface area contributed by atoms with Gasteiger partial charge >= 0.3 is 0 Å². The van der Waals surface area contributed by atoms with Gasteiger partial charge in [-0.15, -0.1) is 11.8 Å². The summed E-state index contributed by atoms with van der Waals surface area (Å²) < 4.78 is 24.2. The molecule has 0 amide bonds. The lowest BCUT2D eigenvalue weighted by molar-refractivity contribution is 0.141. The molecule has 96 valence electrons. The Morgan fingerprint density at radius 2 is 2.12 bits per heavy atom. The lowest BCUT2D eigenvalue weighted by Gasteiger charge is -2.11. The number of thioether (sulfide) groups is 1. The molecule has 0 saturated heterocycles. The van der Waals surface area contributed by atoms with Crippen molar-refractivity contribution < 1.29 is 13.3 Å². The minimum Gasteiger partial charge on any atom is -0.304 e. The van der Waals surface area contributed by atoms with Gasteiger partial charge in [0.05, 0.1) is 11.5 Å². The molecule has 0 radical (unpaired) electrons. The Kier molecular flexibility index (Phi) is 5.46. The van der Waals surface area contributed by atoms with Gasteiger partial charge in [0, 0.05) is 15.6 Å². The van der Waals surface area contributed by atoms with Gasteiger partial charge in [-0.1, -0.05) is 0 Å². The number of benzene rings is 1. The maximum Gasteiger partial charge on any atom is 0.176 e. The van der Waals surface area contributed by atoms with Gasteiger partial charge in [0.15, 0.2) is 9.84 Å². The van der Waals surface area contributed by atoms with Crippen LogP contribution in [0.25, 0.3) is 0 Å². The van der Waals surface area contributed by atoms with Crippen molar-refractivity contribution in [3.8, 4) is 0 Å². The number of hydrogen-bond acceptors (Lipinski definition) is 5. The highest BCUT2D eigenvalue weighted by atomic mass is 79.9. The molecule has 0 spiro atoms.